The molecular weight excluding hydrogens is 354 g/mol. The van der Waals surface area contributed by atoms with Crippen molar-refractivity contribution in [3.8, 4) is 0 Å². The Morgan fingerprint density at radius 2 is 1.85 bits per heavy atom. The molecule has 2 heterocycles. The molecule has 0 saturated carbocycles. The van der Waals surface area contributed by atoms with E-state index in [1.54, 1.807) is 20.8 Å². The monoisotopic (exact) mass is 377 g/mol. The average Bonchev–Trinajstić information content (AvgIpc) is 2.87. The van der Waals surface area contributed by atoms with Crippen molar-refractivity contribution in [2.45, 2.75) is 45.7 Å². The number of ether oxygens (including phenoxy) is 1. The Morgan fingerprint density at radius 3 is 2.50 bits per heavy atom. The van der Waals surface area contributed by atoms with Gasteiger partial charge in [-0.25, -0.2) is 9.78 Å². The molecule has 0 bridgehead atoms. The van der Waals surface area contributed by atoms with Gasteiger partial charge in [0.25, 0.3) is 5.56 Å². The molecule has 140 valence electrons. The fourth-order valence-electron chi connectivity index (χ4n) is 2.73. The molecule has 0 aliphatic carbocycles. The van der Waals surface area contributed by atoms with Crippen LogP contribution in [0.15, 0.2) is 16.0 Å². The first-order valence-corrected chi connectivity index (χ1v) is 9.48. The summed E-state index contributed by atoms with van der Waals surface area (Å²) in [5.74, 6) is -0.675. The van der Waals surface area contributed by atoms with E-state index in [2.05, 4.69) is 15.0 Å². The number of nitrogens with zero attached hydrogens (tertiary/aromatic N) is 1. The quantitative estimate of drug-likeness (QED) is 0.317. The number of carbonyl (C=O) groups is 2. The van der Waals surface area contributed by atoms with Crippen LogP contribution in [-0.2, 0) is 11.2 Å². The summed E-state index contributed by atoms with van der Waals surface area (Å²) in [7, 11) is 0. The van der Waals surface area contributed by atoms with E-state index < -0.39 is 5.97 Å². The lowest BCUT2D eigenvalue weighted by atomic mass is 10.1. The highest BCUT2D eigenvalue weighted by atomic mass is 32.2. The summed E-state index contributed by atoms with van der Waals surface area (Å²) in [5.41, 5.74) is 2.30. The predicted octanol–water partition coefficient (Wildman–Crippen LogP) is 2.82. The van der Waals surface area contributed by atoms with Gasteiger partial charge in [0.05, 0.1) is 23.5 Å². The largest absolute Gasteiger partial charge is 0.462 e. The van der Waals surface area contributed by atoms with Gasteiger partial charge in [0.1, 0.15) is 0 Å². The van der Waals surface area contributed by atoms with E-state index in [9.17, 15) is 14.4 Å². The Kier molecular flexibility index (Phi) is 6.79. The highest BCUT2D eigenvalue weighted by Gasteiger charge is 2.25. The lowest BCUT2D eigenvalue weighted by Gasteiger charge is -2.06. The first-order chi connectivity index (χ1) is 12.4. The molecule has 8 heteroatoms. The Labute approximate surface area is 156 Å². The molecule has 0 radical (unpaired) electrons. The highest BCUT2D eigenvalue weighted by molar-refractivity contribution is 7.99. The van der Waals surface area contributed by atoms with Gasteiger partial charge in [-0.05, 0) is 27.2 Å². The summed E-state index contributed by atoms with van der Waals surface area (Å²) >= 11 is 1.15. The molecular formula is C18H23N3O4S. The number of Topliss-reactive ketones (excluding diaryl/α,β-unsaturated/α-hetero) is 1. The maximum absolute atomic E-state index is 12.7. The van der Waals surface area contributed by atoms with Crippen LogP contribution in [0.3, 0.4) is 0 Å². The number of esters is 1. The third-order valence-corrected chi connectivity index (χ3v) is 4.63. The summed E-state index contributed by atoms with van der Waals surface area (Å²) in [6.45, 7) is 7.44. The van der Waals surface area contributed by atoms with Crippen molar-refractivity contribution in [2.24, 2.45) is 0 Å². The van der Waals surface area contributed by atoms with Crippen LogP contribution in [-0.4, -0.2) is 39.1 Å². The highest BCUT2D eigenvalue weighted by Crippen LogP contribution is 2.23. The summed E-state index contributed by atoms with van der Waals surface area (Å²) in [6, 6.07) is 1.47. The van der Waals surface area contributed by atoms with Crippen molar-refractivity contribution < 1.29 is 14.3 Å². The maximum Gasteiger partial charge on any atom is 0.340 e. The zero-order chi connectivity index (χ0) is 19.3. The van der Waals surface area contributed by atoms with Crippen molar-refractivity contribution >= 4 is 23.5 Å². The number of rotatable bonds is 8. The maximum atomic E-state index is 12.7. The van der Waals surface area contributed by atoms with Crippen molar-refractivity contribution in [3.63, 3.8) is 0 Å². The van der Waals surface area contributed by atoms with Gasteiger partial charge < -0.3 is 14.7 Å². The molecule has 2 aromatic rings. The number of hydrogen-bond acceptors (Lipinski definition) is 6. The second-order valence-electron chi connectivity index (χ2n) is 5.85. The fourth-order valence-corrected chi connectivity index (χ4v) is 3.50. The Balaban J connectivity index is 2.21. The van der Waals surface area contributed by atoms with Gasteiger partial charge >= 0.3 is 5.97 Å². The minimum Gasteiger partial charge on any atom is -0.462 e. The molecule has 0 amide bonds. The third-order valence-electron chi connectivity index (χ3n) is 3.75. The van der Waals surface area contributed by atoms with Crippen LogP contribution in [0, 0.1) is 13.8 Å². The van der Waals surface area contributed by atoms with Gasteiger partial charge in [0, 0.05) is 23.1 Å². The number of aryl methyl sites for hydroxylation is 3. The normalized spacial score (nSPS) is 10.8. The van der Waals surface area contributed by atoms with Crippen LogP contribution in [0.25, 0.3) is 0 Å². The molecule has 0 saturated heterocycles. The van der Waals surface area contributed by atoms with Crippen molar-refractivity contribution in [2.75, 3.05) is 12.4 Å². The number of ketones is 1. The topological polar surface area (TPSA) is 105 Å². The summed E-state index contributed by atoms with van der Waals surface area (Å²) < 4.78 is 5.06. The number of aromatic amines is 2. The first-order valence-electron chi connectivity index (χ1n) is 8.49. The lowest BCUT2D eigenvalue weighted by Crippen LogP contribution is -2.14. The van der Waals surface area contributed by atoms with E-state index in [4.69, 9.17) is 4.74 Å². The Morgan fingerprint density at radius 1 is 1.15 bits per heavy atom. The van der Waals surface area contributed by atoms with Crippen LogP contribution < -0.4 is 5.56 Å². The third kappa shape index (κ3) is 4.63. The van der Waals surface area contributed by atoms with E-state index in [1.165, 1.54) is 6.07 Å². The molecule has 0 fully saturated rings. The van der Waals surface area contributed by atoms with Gasteiger partial charge in [-0.15, -0.1) is 0 Å². The predicted molar refractivity (Wildman–Crippen MR) is 100 cm³/mol. The fraction of sp³-hybridized carbons (Fsp3) is 0.444. The number of carbonyl (C=O) groups excluding carboxylic acids is 2. The van der Waals surface area contributed by atoms with Gasteiger partial charge in [0.2, 0.25) is 0 Å². The van der Waals surface area contributed by atoms with Crippen LogP contribution >= 0.6 is 11.8 Å². The van der Waals surface area contributed by atoms with Gasteiger partial charge in [-0.1, -0.05) is 25.1 Å². The number of nitrogens with one attached hydrogen (secondary N) is 2. The van der Waals surface area contributed by atoms with Gasteiger partial charge in [-0.3, -0.25) is 9.59 Å². The smallest absolute Gasteiger partial charge is 0.340 e. The number of H-pyrrole nitrogens is 2. The minimum atomic E-state index is -0.515. The molecule has 0 aliphatic heterocycles. The van der Waals surface area contributed by atoms with Crippen LogP contribution in [0.5, 0.6) is 0 Å². The Bertz CT molecular complexity index is 870. The zero-order valence-corrected chi connectivity index (χ0v) is 16.2. The minimum absolute atomic E-state index is 0.0586. The number of aromatic nitrogens is 3. The van der Waals surface area contributed by atoms with E-state index in [0.717, 1.165) is 18.2 Å². The molecule has 7 nitrogen and oxygen atoms in total. The molecule has 26 heavy (non-hydrogen) atoms. The summed E-state index contributed by atoms with van der Waals surface area (Å²) in [6.07, 6.45) is 1.58. The van der Waals surface area contributed by atoms with Crippen molar-refractivity contribution in [3.05, 3.63) is 44.6 Å². The van der Waals surface area contributed by atoms with Crippen LogP contribution in [0.4, 0.5) is 0 Å². The van der Waals surface area contributed by atoms with E-state index in [1.807, 2.05) is 6.92 Å². The summed E-state index contributed by atoms with van der Waals surface area (Å²) in [5, 5.41) is 0.400. The molecule has 2 rings (SSSR count). The second kappa shape index (κ2) is 8.84. The average molecular weight is 377 g/mol. The Hall–Kier alpha value is -2.35. The SMILES string of the molecule is CCCc1cc(=O)[nH]c(SCC(=O)c2c(C)[nH]c(C)c2C(=O)OCC)n1. The van der Waals surface area contributed by atoms with E-state index in [0.29, 0.717) is 34.2 Å². The lowest BCUT2D eigenvalue weighted by molar-refractivity contribution is 0.0522. The van der Waals surface area contributed by atoms with Crippen LogP contribution in [0.1, 0.15) is 58.1 Å². The second-order valence-corrected chi connectivity index (χ2v) is 6.81. The van der Waals surface area contributed by atoms with E-state index in [-0.39, 0.29) is 29.3 Å². The molecule has 0 aliphatic rings. The summed E-state index contributed by atoms with van der Waals surface area (Å²) in [4.78, 5) is 46.6. The van der Waals surface area contributed by atoms with E-state index >= 15 is 0 Å². The molecule has 2 N–H and O–H groups in total. The van der Waals surface area contributed by atoms with Crippen LogP contribution in [0.2, 0.25) is 0 Å². The van der Waals surface area contributed by atoms with Crippen molar-refractivity contribution in [1.82, 2.24) is 15.0 Å². The molecule has 0 atom stereocenters. The first kappa shape index (κ1) is 20.0. The van der Waals surface area contributed by atoms with Gasteiger partial charge in [-0.2, -0.15) is 0 Å². The molecule has 0 spiro atoms. The standard InChI is InChI=1S/C18H23N3O4S/c1-5-7-12-8-14(23)21-18(20-12)26-9-13(22)15-10(3)19-11(4)16(15)17(24)25-6-2/h8,19H,5-7,9H2,1-4H3,(H,20,21,23). The van der Waals surface area contributed by atoms with Crippen molar-refractivity contribution in [1.29, 1.82) is 0 Å². The number of hydrogen-bond donors (Lipinski definition) is 2. The molecule has 0 unspecified atom stereocenters. The van der Waals surface area contributed by atoms with Gasteiger partial charge in [0.15, 0.2) is 10.9 Å². The number of thioether (sulfide) groups is 1. The molecule has 0 aromatic carbocycles. The molecule has 2 aromatic heterocycles. The zero-order valence-electron chi connectivity index (χ0n) is 15.4.